The van der Waals surface area contributed by atoms with Crippen molar-refractivity contribution in [1.82, 2.24) is 10.6 Å². The predicted octanol–water partition coefficient (Wildman–Crippen LogP) is 3.46. The summed E-state index contributed by atoms with van der Waals surface area (Å²) in [5.41, 5.74) is 3.35. The van der Waals surface area contributed by atoms with Crippen LogP contribution in [0.1, 0.15) is 23.1 Å². The molecule has 1 aliphatic rings. The Kier molecular flexibility index (Phi) is 7.87. The van der Waals surface area contributed by atoms with E-state index in [0.717, 1.165) is 48.9 Å². The summed E-state index contributed by atoms with van der Waals surface area (Å²) in [6.45, 7) is 5.69. The molecule has 0 bridgehead atoms. The van der Waals surface area contributed by atoms with Crippen molar-refractivity contribution in [1.29, 1.82) is 0 Å². The molecule has 0 spiro atoms. The average Bonchev–Trinajstić information content (AvgIpc) is 3.25. The van der Waals surface area contributed by atoms with E-state index < -0.39 is 0 Å². The lowest BCUT2D eigenvalue weighted by Crippen LogP contribution is -2.38. The number of hydrogen-bond donors (Lipinski definition) is 2. The predicted molar refractivity (Wildman–Crippen MR) is 114 cm³/mol. The summed E-state index contributed by atoms with van der Waals surface area (Å²) in [5, 5.41) is 6.64. The molecule has 6 heteroatoms. The number of nitrogens with one attached hydrogen (secondary N) is 2. The molecule has 0 amide bonds. The fourth-order valence-electron chi connectivity index (χ4n) is 3.24. The molecule has 3 rings (SSSR count). The van der Waals surface area contributed by atoms with Gasteiger partial charge in [-0.1, -0.05) is 24.3 Å². The van der Waals surface area contributed by atoms with Crippen LogP contribution in [0.4, 0.5) is 4.39 Å². The molecule has 1 atom stereocenters. The minimum atomic E-state index is -0.212. The number of benzene rings is 2. The summed E-state index contributed by atoms with van der Waals surface area (Å²) < 4.78 is 24.5. The highest BCUT2D eigenvalue weighted by Crippen LogP contribution is 2.22. The number of nitrogens with zero attached hydrogens (tertiary/aromatic N) is 1. The van der Waals surface area contributed by atoms with Crippen molar-refractivity contribution in [3.05, 3.63) is 65.0 Å². The van der Waals surface area contributed by atoms with Crippen molar-refractivity contribution in [3.8, 4) is 5.75 Å². The lowest BCUT2D eigenvalue weighted by atomic mass is 10.1. The van der Waals surface area contributed by atoms with E-state index in [1.54, 1.807) is 19.2 Å². The molecule has 29 heavy (non-hydrogen) atoms. The van der Waals surface area contributed by atoms with Crippen molar-refractivity contribution < 1.29 is 13.9 Å². The van der Waals surface area contributed by atoms with Gasteiger partial charge in [0.25, 0.3) is 0 Å². The van der Waals surface area contributed by atoms with E-state index in [1.807, 2.05) is 0 Å². The van der Waals surface area contributed by atoms with Crippen LogP contribution in [0.2, 0.25) is 0 Å². The van der Waals surface area contributed by atoms with Crippen LogP contribution in [0, 0.1) is 18.7 Å². The largest absolute Gasteiger partial charge is 0.493 e. The Morgan fingerprint density at radius 3 is 2.76 bits per heavy atom. The number of guanidine groups is 1. The Hall–Kier alpha value is -2.60. The van der Waals surface area contributed by atoms with Crippen LogP contribution >= 0.6 is 0 Å². The van der Waals surface area contributed by atoms with Crippen LogP contribution in [0.15, 0.2) is 47.5 Å². The van der Waals surface area contributed by atoms with Gasteiger partial charge in [0.15, 0.2) is 5.96 Å². The van der Waals surface area contributed by atoms with Crippen LogP contribution in [0.5, 0.6) is 5.75 Å². The standard InChI is InChI=1S/C23H30FN3O2/c1-17-3-6-20(22(13-17)29-16-19-10-12-28-15-19)14-27-23(25-2)26-11-9-18-4-7-21(24)8-5-18/h3-8,13,19H,9-12,14-16H2,1-2H3,(H2,25,26,27). The number of aliphatic imine (C=N–C) groups is 1. The fourth-order valence-corrected chi connectivity index (χ4v) is 3.24. The van der Waals surface area contributed by atoms with Gasteiger partial charge in [0.05, 0.1) is 13.2 Å². The molecule has 0 radical (unpaired) electrons. The highest BCUT2D eigenvalue weighted by Gasteiger charge is 2.17. The van der Waals surface area contributed by atoms with Crippen molar-refractivity contribution in [2.75, 3.05) is 33.4 Å². The third kappa shape index (κ3) is 6.75. The quantitative estimate of drug-likeness (QED) is 0.527. The topological polar surface area (TPSA) is 54.9 Å². The van der Waals surface area contributed by atoms with Crippen LogP contribution in [-0.4, -0.2) is 39.4 Å². The van der Waals surface area contributed by atoms with Crippen molar-refractivity contribution >= 4 is 5.96 Å². The summed E-state index contributed by atoms with van der Waals surface area (Å²) in [6, 6.07) is 12.8. The lowest BCUT2D eigenvalue weighted by Gasteiger charge is -2.17. The molecule has 1 fully saturated rings. The number of ether oxygens (including phenoxy) is 2. The molecule has 0 saturated carbocycles. The first kappa shape index (κ1) is 21.1. The lowest BCUT2D eigenvalue weighted by molar-refractivity contribution is 0.166. The Morgan fingerprint density at radius 1 is 1.21 bits per heavy atom. The zero-order valence-electron chi connectivity index (χ0n) is 17.2. The normalized spacial score (nSPS) is 16.7. The number of halogens is 1. The molecule has 1 unspecified atom stereocenters. The maximum absolute atomic E-state index is 13.0. The zero-order chi connectivity index (χ0) is 20.5. The minimum absolute atomic E-state index is 0.212. The fraction of sp³-hybridized carbons (Fsp3) is 0.435. The third-order valence-electron chi connectivity index (χ3n) is 5.01. The summed E-state index contributed by atoms with van der Waals surface area (Å²) in [6.07, 6.45) is 1.85. The van der Waals surface area contributed by atoms with Crippen LogP contribution < -0.4 is 15.4 Å². The first-order valence-corrected chi connectivity index (χ1v) is 10.1. The van der Waals surface area contributed by atoms with E-state index in [0.29, 0.717) is 25.6 Å². The van der Waals surface area contributed by atoms with E-state index >= 15 is 0 Å². The summed E-state index contributed by atoms with van der Waals surface area (Å²) in [5.74, 6) is 1.89. The Morgan fingerprint density at radius 2 is 2.03 bits per heavy atom. The molecule has 1 heterocycles. The van der Waals surface area contributed by atoms with E-state index in [9.17, 15) is 4.39 Å². The molecule has 1 aliphatic heterocycles. The molecule has 0 aromatic heterocycles. The highest BCUT2D eigenvalue weighted by molar-refractivity contribution is 5.79. The maximum atomic E-state index is 13.0. The first-order chi connectivity index (χ1) is 14.1. The van der Waals surface area contributed by atoms with Gasteiger partial charge in [-0.05, 0) is 49.1 Å². The van der Waals surface area contributed by atoms with Crippen LogP contribution in [0.3, 0.4) is 0 Å². The first-order valence-electron chi connectivity index (χ1n) is 10.1. The summed E-state index contributed by atoms with van der Waals surface area (Å²) in [7, 11) is 1.75. The minimum Gasteiger partial charge on any atom is -0.493 e. The smallest absolute Gasteiger partial charge is 0.191 e. The van der Waals surface area contributed by atoms with Crippen molar-refractivity contribution in [2.45, 2.75) is 26.3 Å². The molecule has 0 aliphatic carbocycles. The second kappa shape index (κ2) is 10.8. The molecular weight excluding hydrogens is 369 g/mol. The average molecular weight is 400 g/mol. The van der Waals surface area contributed by atoms with Crippen molar-refractivity contribution in [2.24, 2.45) is 10.9 Å². The maximum Gasteiger partial charge on any atom is 0.191 e. The van der Waals surface area contributed by atoms with E-state index in [1.165, 1.54) is 17.7 Å². The second-order valence-corrected chi connectivity index (χ2v) is 7.38. The zero-order valence-corrected chi connectivity index (χ0v) is 17.2. The van der Waals surface area contributed by atoms with Crippen molar-refractivity contribution in [3.63, 3.8) is 0 Å². The Balaban J connectivity index is 1.49. The van der Waals surface area contributed by atoms with E-state index in [2.05, 4.69) is 40.7 Å². The van der Waals surface area contributed by atoms with Gasteiger partial charge in [-0.3, -0.25) is 4.99 Å². The number of aryl methyl sites for hydroxylation is 1. The van der Waals surface area contributed by atoms with E-state index in [-0.39, 0.29) is 5.82 Å². The Labute approximate surface area is 172 Å². The second-order valence-electron chi connectivity index (χ2n) is 7.38. The Bertz CT molecular complexity index is 802. The monoisotopic (exact) mass is 399 g/mol. The molecular formula is C23H30FN3O2. The molecule has 2 aromatic carbocycles. The van der Waals surface area contributed by atoms with Gasteiger partial charge in [0.1, 0.15) is 11.6 Å². The van der Waals surface area contributed by atoms with Gasteiger partial charge < -0.3 is 20.1 Å². The number of hydrogen-bond acceptors (Lipinski definition) is 3. The van der Waals surface area contributed by atoms with Gasteiger partial charge in [0, 0.05) is 38.2 Å². The van der Waals surface area contributed by atoms with E-state index in [4.69, 9.17) is 9.47 Å². The van der Waals surface area contributed by atoms with Gasteiger partial charge >= 0.3 is 0 Å². The molecule has 156 valence electrons. The van der Waals surface area contributed by atoms with Gasteiger partial charge in [-0.25, -0.2) is 4.39 Å². The number of rotatable bonds is 8. The van der Waals surface area contributed by atoms with Gasteiger partial charge in [-0.2, -0.15) is 0 Å². The molecule has 5 nitrogen and oxygen atoms in total. The summed E-state index contributed by atoms with van der Waals surface area (Å²) in [4.78, 5) is 4.28. The highest BCUT2D eigenvalue weighted by atomic mass is 19.1. The molecule has 1 saturated heterocycles. The third-order valence-corrected chi connectivity index (χ3v) is 5.01. The SMILES string of the molecule is CN=C(NCCc1ccc(F)cc1)NCc1ccc(C)cc1OCC1CCOC1. The molecule has 2 aromatic rings. The van der Waals surface area contributed by atoms with Gasteiger partial charge in [0.2, 0.25) is 0 Å². The van der Waals surface area contributed by atoms with Crippen LogP contribution in [-0.2, 0) is 17.7 Å². The van der Waals surface area contributed by atoms with Crippen LogP contribution in [0.25, 0.3) is 0 Å². The van der Waals surface area contributed by atoms with Gasteiger partial charge in [-0.15, -0.1) is 0 Å². The summed E-state index contributed by atoms with van der Waals surface area (Å²) >= 11 is 0. The molecule has 2 N–H and O–H groups in total.